The molecular formula is CH9ArBNOTiZr. The standard InChI is InChI=1S/CH4.Ar.B.H3N.H2O.Ti.Zr/h1H4;;;1H3;1H2;;. The molecule has 0 unspecified atom stereocenters. The van der Waals surface area contributed by atoms with Crippen LogP contribution in [0.25, 0.3) is 0 Å². The Morgan fingerprint density at radius 2 is 1.00 bits per heavy atom. The predicted octanol–water partition coefficient (Wildman–Crippen LogP) is -0.412. The number of hydrogen-bond donors (Lipinski definition) is 1. The third-order valence-corrected chi connectivity index (χ3v) is 0. The third-order valence-electron chi connectivity index (χ3n) is 0. The van der Waals surface area contributed by atoms with Gasteiger partial charge in [0, 0.05) is 94.1 Å². The first kappa shape index (κ1) is 95.3. The molecule has 3 radical (unpaired) electrons. The number of hydrogen-bond acceptors (Lipinski definition) is 1. The summed E-state index contributed by atoms with van der Waals surface area (Å²) in [5.41, 5.74) is 0. The summed E-state index contributed by atoms with van der Waals surface area (Å²) in [6, 6.07) is 0. The molecule has 0 saturated carbocycles. The van der Waals surface area contributed by atoms with E-state index in [0.29, 0.717) is 0 Å². The fourth-order valence-corrected chi connectivity index (χ4v) is 0. The summed E-state index contributed by atoms with van der Waals surface area (Å²) >= 11 is 0. The van der Waals surface area contributed by atoms with Crippen LogP contribution in [0.2, 0.25) is 0 Å². The Labute approximate surface area is 111 Å². The maximum absolute atomic E-state index is 0. The van der Waals surface area contributed by atoms with E-state index >= 15 is 0 Å². The van der Waals surface area contributed by atoms with Crippen LogP contribution in [0.5, 0.6) is 0 Å². The fourth-order valence-electron chi connectivity index (χ4n) is 0. The minimum absolute atomic E-state index is 0. The van der Waals surface area contributed by atoms with E-state index in [1.54, 1.807) is 0 Å². The van der Waals surface area contributed by atoms with Crippen LogP contribution in [0, 0.1) is 37.7 Å². The van der Waals surface area contributed by atoms with Gasteiger partial charge < -0.3 is 11.6 Å². The van der Waals surface area contributed by atoms with Crippen molar-refractivity contribution in [2.45, 2.75) is 7.43 Å². The van der Waals surface area contributed by atoms with Crippen LogP contribution < -0.4 is 6.15 Å². The van der Waals surface area contributed by atoms with E-state index in [9.17, 15) is 0 Å². The minimum Gasteiger partial charge on any atom is -0.412 e. The van der Waals surface area contributed by atoms with Gasteiger partial charge in [-0.1, -0.05) is 7.43 Å². The zero-order chi connectivity index (χ0) is 0. The summed E-state index contributed by atoms with van der Waals surface area (Å²) in [5.74, 6) is 0. The molecule has 0 aromatic rings. The van der Waals surface area contributed by atoms with Gasteiger partial charge in [-0.25, -0.2) is 0 Å². The maximum atomic E-state index is 0. The van der Waals surface area contributed by atoms with Crippen LogP contribution in [0.4, 0.5) is 0 Å². The molecule has 0 saturated heterocycles. The van der Waals surface area contributed by atoms with Gasteiger partial charge in [0.05, 0.1) is 0 Å². The SMILES string of the molecule is C.N.O.[Ar].[B].[Ti].[Zr]. The Bertz CT molecular complexity index is 19.7. The van der Waals surface area contributed by atoms with E-state index in [1.807, 2.05) is 0 Å². The molecule has 0 heterocycles. The van der Waals surface area contributed by atoms with E-state index in [4.69, 9.17) is 0 Å². The van der Waals surface area contributed by atoms with E-state index in [-0.39, 0.29) is 113 Å². The van der Waals surface area contributed by atoms with Gasteiger partial charge >= 0.3 is 0 Å². The van der Waals surface area contributed by atoms with Crippen molar-refractivity contribution < 1.29 is 91.1 Å². The third kappa shape index (κ3) is 51.2. The van der Waals surface area contributed by atoms with Crippen LogP contribution in [0.1, 0.15) is 7.43 Å². The largest absolute Gasteiger partial charge is 0.412 e. The van der Waals surface area contributed by atoms with Crippen LogP contribution in [-0.4, -0.2) is 13.9 Å². The molecule has 7 heavy (non-hydrogen) atoms. The van der Waals surface area contributed by atoms with Gasteiger partial charge in [-0.3, -0.25) is 0 Å². The molecule has 6 heteroatoms. The van der Waals surface area contributed by atoms with Crippen molar-refractivity contribution in [1.29, 1.82) is 0 Å². The van der Waals surface area contributed by atoms with Crippen molar-refractivity contribution in [1.82, 2.24) is 6.15 Å². The second-order valence-electron chi connectivity index (χ2n) is 0. The van der Waals surface area contributed by atoms with Crippen molar-refractivity contribution in [3.63, 3.8) is 0 Å². The Hall–Kier alpha value is 2.84. The molecule has 43 valence electrons. The second-order valence-corrected chi connectivity index (χ2v) is 0. The van der Waals surface area contributed by atoms with E-state index < -0.39 is 0 Å². The maximum Gasteiger partial charge on any atom is 0 e. The molecule has 0 aliphatic carbocycles. The normalized spacial score (nSPS) is 0. The molecule has 0 bridgehead atoms. The predicted molar refractivity (Wildman–Crippen MR) is 21.1 cm³/mol. The Morgan fingerprint density at radius 1 is 1.00 bits per heavy atom. The Kier molecular flexibility index (Phi) is 916. The summed E-state index contributed by atoms with van der Waals surface area (Å²) in [6.07, 6.45) is 0. The van der Waals surface area contributed by atoms with Crippen molar-refractivity contribution in [2.24, 2.45) is 0 Å². The summed E-state index contributed by atoms with van der Waals surface area (Å²) in [4.78, 5) is 0. The summed E-state index contributed by atoms with van der Waals surface area (Å²) < 4.78 is 0. The van der Waals surface area contributed by atoms with Gasteiger partial charge in [0.25, 0.3) is 0 Å². The molecule has 0 aromatic carbocycles. The first-order valence-electron chi connectivity index (χ1n) is 0. The molecule has 0 atom stereocenters. The molecule has 0 fully saturated rings. The molecule has 0 amide bonds. The first-order valence-corrected chi connectivity index (χ1v) is 0. The molecule has 0 aliphatic heterocycles. The van der Waals surface area contributed by atoms with Gasteiger partial charge in [0.2, 0.25) is 0 Å². The van der Waals surface area contributed by atoms with Crippen LogP contribution in [-0.2, 0) is 47.9 Å². The van der Waals surface area contributed by atoms with Crippen LogP contribution in [0.15, 0.2) is 0 Å². The minimum atomic E-state index is 0. The van der Waals surface area contributed by atoms with Crippen molar-refractivity contribution in [3.05, 3.63) is 0 Å². The molecular weight excluding hydrogens is 232 g/mol. The van der Waals surface area contributed by atoms with E-state index in [0.717, 1.165) is 0 Å². The monoisotopic (exact) mass is 240 g/mol. The number of rotatable bonds is 0. The quantitative estimate of drug-likeness (QED) is 0.575. The zero-order valence-electron chi connectivity index (χ0n) is 3.14. The van der Waals surface area contributed by atoms with Gasteiger partial charge in [0.1, 0.15) is 0 Å². The second kappa shape index (κ2) is 67.3. The van der Waals surface area contributed by atoms with Gasteiger partial charge in [-0.2, -0.15) is 0 Å². The van der Waals surface area contributed by atoms with E-state index in [2.05, 4.69) is 0 Å². The molecule has 0 rings (SSSR count). The van der Waals surface area contributed by atoms with Crippen LogP contribution >= 0.6 is 0 Å². The van der Waals surface area contributed by atoms with Crippen molar-refractivity contribution >= 4 is 8.41 Å². The van der Waals surface area contributed by atoms with Crippen molar-refractivity contribution in [2.75, 3.05) is 0 Å². The molecule has 2 nitrogen and oxygen atoms in total. The topological polar surface area (TPSA) is 66.5 Å². The Morgan fingerprint density at radius 3 is 1.00 bits per heavy atom. The molecule has 0 spiro atoms. The van der Waals surface area contributed by atoms with E-state index in [1.165, 1.54) is 0 Å². The van der Waals surface area contributed by atoms with Gasteiger partial charge in [-0.15, -0.1) is 0 Å². The average molecular weight is 241 g/mol. The molecule has 5 N–H and O–H groups in total. The fraction of sp³-hybridized carbons (Fsp3) is 1.00. The average Bonchev–Trinajstić information content (AvgIpc) is 0. The smallest absolute Gasteiger partial charge is 0 e. The van der Waals surface area contributed by atoms with Gasteiger partial charge in [0.15, 0.2) is 0 Å². The Balaban J connectivity index is 0. The molecule has 0 aliphatic rings. The summed E-state index contributed by atoms with van der Waals surface area (Å²) in [5, 5.41) is 0. The molecule has 0 aromatic heterocycles. The summed E-state index contributed by atoms with van der Waals surface area (Å²) in [7, 11) is 0. The van der Waals surface area contributed by atoms with Crippen molar-refractivity contribution in [3.8, 4) is 0 Å². The zero-order valence-corrected chi connectivity index (χ0v) is 7.86. The first-order chi connectivity index (χ1) is 0. The van der Waals surface area contributed by atoms with Gasteiger partial charge in [-0.05, 0) is 0 Å². The summed E-state index contributed by atoms with van der Waals surface area (Å²) in [6.45, 7) is 0. The van der Waals surface area contributed by atoms with Crippen LogP contribution in [0.3, 0.4) is 0 Å².